The molecule has 0 spiro atoms. The lowest BCUT2D eigenvalue weighted by Crippen LogP contribution is -2.16. The molecule has 94 valence electrons. The highest BCUT2D eigenvalue weighted by Crippen LogP contribution is 2.24. The number of para-hydroxylation sites is 1. The third-order valence-corrected chi connectivity index (χ3v) is 3.82. The molecule has 4 N–H and O–H groups in total. The Balaban J connectivity index is 2.90. The van der Waals surface area contributed by atoms with Gasteiger partial charge in [0.05, 0.1) is 22.0 Å². The van der Waals surface area contributed by atoms with Crippen LogP contribution in [0.5, 0.6) is 0 Å². The number of nitrogens with two attached hydrogens (primary N) is 2. The molecule has 0 heterocycles. The largest absolute Gasteiger partial charge is 0.465 e. The number of anilines is 2. The van der Waals surface area contributed by atoms with Crippen molar-refractivity contribution < 1.29 is 17.9 Å². The third kappa shape index (κ3) is 3.35. The Morgan fingerprint density at radius 1 is 1.35 bits per heavy atom. The smallest absolute Gasteiger partial charge is 0.302 e. The fraction of sp³-hybridized carbons (Fsp3) is 0.300. The molecule has 7 heteroatoms. The average molecular weight is 258 g/mol. The zero-order chi connectivity index (χ0) is 13.1. The van der Waals surface area contributed by atoms with Crippen LogP contribution in [-0.2, 0) is 19.4 Å². The van der Waals surface area contributed by atoms with Gasteiger partial charge in [0.15, 0.2) is 9.84 Å². The molecule has 0 fully saturated rings. The fourth-order valence-electron chi connectivity index (χ4n) is 1.24. The molecule has 0 aliphatic carbocycles. The van der Waals surface area contributed by atoms with Gasteiger partial charge in [0.2, 0.25) is 0 Å². The summed E-state index contributed by atoms with van der Waals surface area (Å²) in [4.78, 5) is 10.5. The van der Waals surface area contributed by atoms with Crippen LogP contribution in [0.4, 0.5) is 11.4 Å². The topological polar surface area (TPSA) is 112 Å². The lowest BCUT2D eigenvalue weighted by atomic mass is 10.3. The van der Waals surface area contributed by atoms with E-state index in [4.69, 9.17) is 11.5 Å². The summed E-state index contributed by atoms with van der Waals surface area (Å²) in [5.74, 6) is -0.846. The molecule has 0 saturated heterocycles. The first kappa shape index (κ1) is 13.3. The minimum absolute atomic E-state index is 0.0234. The van der Waals surface area contributed by atoms with E-state index in [1.807, 2.05) is 0 Å². The van der Waals surface area contributed by atoms with Gasteiger partial charge in [-0.05, 0) is 12.1 Å². The molecule has 1 aromatic carbocycles. The summed E-state index contributed by atoms with van der Waals surface area (Å²) in [5, 5.41) is 0. The molecule has 0 amide bonds. The molecule has 0 saturated carbocycles. The number of carbonyl (C=O) groups excluding carboxylic acids is 1. The molecular formula is C10H14N2O4S. The van der Waals surface area contributed by atoms with Gasteiger partial charge in [-0.3, -0.25) is 4.79 Å². The maximum absolute atomic E-state index is 11.9. The lowest BCUT2D eigenvalue weighted by Gasteiger charge is -2.09. The maximum Gasteiger partial charge on any atom is 0.302 e. The molecular weight excluding hydrogens is 244 g/mol. The van der Waals surface area contributed by atoms with E-state index in [0.717, 1.165) is 0 Å². The molecule has 0 aliphatic heterocycles. The summed E-state index contributed by atoms with van der Waals surface area (Å²) in [7, 11) is -3.59. The maximum atomic E-state index is 11.9. The molecule has 0 unspecified atom stereocenters. The second kappa shape index (κ2) is 5.05. The molecule has 0 aliphatic rings. The van der Waals surface area contributed by atoms with E-state index in [1.165, 1.54) is 25.1 Å². The number of rotatable bonds is 4. The van der Waals surface area contributed by atoms with E-state index in [0.29, 0.717) is 0 Å². The summed E-state index contributed by atoms with van der Waals surface area (Å²) in [6, 6.07) is 4.39. The quantitative estimate of drug-likeness (QED) is 0.588. The van der Waals surface area contributed by atoms with Gasteiger partial charge < -0.3 is 16.2 Å². The average Bonchev–Trinajstić information content (AvgIpc) is 2.21. The van der Waals surface area contributed by atoms with Gasteiger partial charge in [-0.25, -0.2) is 8.42 Å². The first-order valence-corrected chi connectivity index (χ1v) is 6.50. The van der Waals surface area contributed by atoms with Gasteiger partial charge >= 0.3 is 5.97 Å². The highest BCUT2D eigenvalue weighted by Gasteiger charge is 2.19. The first-order chi connectivity index (χ1) is 7.84. The van der Waals surface area contributed by atoms with Crippen molar-refractivity contribution in [1.82, 2.24) is 0 Å². The van der Waals surface area contributed by atoms with Crippen LogP contribution >= 0.6 is 0 Å². The van der Waals surface area contributed by atoms with Crippen molar-refractivity contribution in [3.05, 3.63) is 18.2 Å². The van der Waals surface area contributed by atoms with Crippen molar-refractivity contribution in [2.24, 2.45) is 0 Å². The van der Waals surface area contributed by atoms with E-state index < -0.39 is 15.8 Å². The Kier molecular flexibility index (Phi) is 3.95. The Labute approximate surface area is 99.5 Å². The van der Waals surface area contributed by atoms with E-state index >= 15 is 0 Å². The number of nitrogen functional groups attached to an aromatic ring is 2. The summed E-state index contributed by atoms with van der Waals surface area (Å²) in [6.45, 7) is 1.01. The number of benzene rings is 1. The molecule has 1 rings (SSSR count). The van der Waals surface area contributed by atoms with Crippen molar-refractivity contribution in [3.63, 3.8) is 0 Å². The molecule has 0 atom stereocenters. The van der Waals surface area contributed by atoms with Crippen LogP contribution in [0.25, 0.3) is 0 Å². The Hall–Kier alpha value is -1.76. The molecule has 0 aromatic heterocycles. The van der Waals surface area contributed by atoms with Crippen LogP contribution in [0.2, 0.25) is 0 Å². The van der Waals surface area contributed by atoms with Crippen LogP contribution in [0.3, 0.4) is 0 Å². The fourth-order valence-corrected chi connectivity index (χ4v) is 2.50. The summed E-state index contributed by atoms with van der Waals surface area (Å²) in [5.41, 5.74) is 11.3. The van der Waals surface area contributed by atoms with Crippen molar-refractivity contribution in [3.8, 4) is 0 Å². The van der Waals surface area contributed by atoms with E-state index in [1.54, 1.807) is 0 Å². The van der Waals surface area contributed by atoms with E-state index in [2.05, 4.69) is 4.74 Å². The van der Waals surface area contributed by atoms with Gasteiger partial charge in [-0.2, -0.15) is 0 Å². The number of hydrogen-bond donors (Lipinski definition) is 2. The third-order valence-electron chi connectivity index (χ3n) is 2.09. The Bertz CT molecular complexity index is 525. The monoisotopic (exact) mass is 258 g/mol. The second-order valence-corrected chi connectivity index (χ2v) is 5.50. The van der Waals surface area contributed by atoms with Gasteiger partial charge in [0.25, 0.3) is 0 Å². The van der Waals surface area contributed by atoms with E-state index in [9.17, 15) is 13.2 Å². The number of esters is 1. The number of carbonyl (C=O) groups is 1. The first-order valence-electron chi connectivity index (χ1n) is 4.84. The second-order valence-electron chi connectivity index (χ2n) is 3.42. The van der Waals surface area contributed by atoms with Crippen LogP contribution in [0.1, 0.15) is 6.92 Å². The van der Waals surface area contributed by atoms with Gasteiger partial charge in [-0.1, -0.05) is 6.07 Å². The van der Waals surface area contributed by atoms with Gasteiger partial charge in [0.1, 0.15) is 6.61 Å². The number of ether oxygens (including phenoxy) is 1. The van der Waals surface area contributed by atoms with Crippen LogP contribution < -0.4 is 11.5 Å². The summed E-state index contributed by atoms with van der Waals surface area (Å²) < 4.78 is 28.3. The molecule has 0 radical (unpaired) electrons. The van der Waals surface area contributed by atoms with Gasteiger partial charge in [-0.15, -0.1) is 0 Å². The minimum atomic E-state index is -3.59. The van der Waals surface area contributed by atoms with Crippen molar-refractivity contribution in [2.45, 2.75) is 11.8 Å². The van der Waals surface area contributed by atoms with Crippen LogP contribution in [0, 0.1) is 0 Å². The highest BCUT2D eigenvalue weighted by atomic mass is 32.2. The predicted molar refractivity (Wildman–Crippen MR) is 64.0 cm³/mol. The normalized spacial score (nSPS) is 11.1. The predicted octanol–water partition coefficient (Wildman–Crippen LogP) is 0.188. The molecule has 17 heavy (non-hydrogen) atoms. The Morgan fingerprint density at radius 2 is 2.00 bits per heavy atom. The van der Waals surface area contributed by atoms with Crippen molar-refractivity contribution >= 4 is 27.2 Å². The molecule has 1 aromatic rings. The van der Waals surface area contributed by atoms with Crippen LogP contribution in [-0.4, -0.2) is 26.7 Å². The Morgan fingerprint density at radius 3 is 2.59 bits per heavy atom. The SMILES string of the molecule is CC(=O)OCCS(=O)(=O)c1cccc(N)c1N. The number of sulfone groups is 1. The lowest BCUT2D eigenvalue weighted by molar-refractivity contribution is -0.140. The van der Waals surface area contributed by atoms with Crippen LogP contribution in [0.15, 0.2) is 23.1 Å². The van der Waals surface area contributed by atoms with E-state index in [-0.39, 0.29) is 28.6 Å². The van der Waals surface area contributed by atoms with Crippen molar-refractivity contribution in [1.29, 1.82) is 0 Å². The summed E-state index contributed by atoms with van der Waals surface area (Å²) in [6.07, 6.45) is 0. The summed E-state index contributed by atoms with van der Waals surface area (Å²) >= 11 is 0. The molecule has 0 bridgehead atoms. The zero-order valence-electron chi connectivity index (χ0n) is 9.34. The minimum Gasteiger partial charge on any atom is -0.465 e. The highest BCUT2D eigenvalue weighted by molar-refractivity contribution is 7.91. The number of hydrogen-bond acceptors (Lipinski definition) is 6. The standard InChI is InChI=1S/C10H14N2O4S/c1-7(13)16-5-6-17(14,15)9-4-2-3-8(11)10(9)12/h2-4H,5-6,11-12H2,1H3. The van der Waals surface area contributed by atoms with Gasteiger partial charge in [0, 0.05) is 6.92 Å². The molecule has 6 nitrogen and oxygen atoms in total. The van der Waals surface area contributed by atoms with Crippen molar-refractivity contribution in [2.75, 3.05) is 23.8 Å². The zero-order valence-corrected chi connectivity index (χ0v) is 10.2.